The molecule has 2 amide bonds. The van der Waals surface area contributed by atoms with Crippen molar-refractivity contribution in [1.29, 1.82) is 0 Å². The normalized spacial score (nSPS) is 21.8. The summed E-state index contributed by atoms with van der Waals surface area (Å²) in [5.74, 6) is 0.180. The van der Waals surface area contributed by atoms with E-state index in [2.05, 4.69) is 10.3 Å². The third-order valence-corrected chi connectivity index (χ3v) is 6.40. The van der Waals surface area contributed by atoms with E-state index in [4.69, 9.17) is 0 Å². The molecule has 2 fully saturated rings. The SMILES string of the molecule is Cc1nc(CC(=O)N2CCC3(CC2)CC(c2ccccc2)C(=O)N3)cs1. The molecule has 136 valence electrons. The van der Waals surface area contributed by atoms with Crippen LogP contribution < -0.4 is 5.32 Å². The van der Waals surface area contributed by atoms with Gasteiger partial charge >= 0.3 is 0 Å². The van der Waals surface area contributed by atoms with E-state index in [1.54, 1.807) is 11.3 Å². The van der Waals surface area contributed by atoms with Crippen LogP contribution in [-0.4, -0.2) is 40.3 Å². The van der Waals surface area contributed by atoms with Gasteiger partial charge in [0, 0.05) is 24.0 Å². The lowest BCUT2D eigenvalue weighted by atomic mass is 9.82. The van der Waals surface area contributed by atoms with Gasteiger partial charge in [0.25, 0.3) is 0 Å². The largest absolute Gasteiger partial charge is 0.350 e. The quantitative estimate of drug-likeness (QED) is 0.905. The topological polar surface area (TPSA) is 62.3 Å². The first-order valence-electron chi connectivity index (χ1n) is 9.10. The Balaban J connectivity index is 1.37. The zero-order valence-electron chi connectivity index (χ0n) is 14.9. The summed E-state index contributed by atoms with van der Waals surface area (Å²) in [5, 5.41) is 6.19. The standard InChI is InChI=1S/C20H23N3O2S/c1-14-21-16(13-26-14)11-18(24)23-9-7-20(8-10-23)12-17(19(25)22-20)15-5-3-2-4-6-15/h2-6,13,17H,7-12H2,1H3,(H,22,25). The van der Waals surface area contributed by atoms with Gasteiger partial charge in [-0.3, -0.25) is 9.59 Å². The maximum Gasteiger partial charge on any atom is 0.228 e. The van der Waals surface area contributed by atoms with Gasteiger partial charge in [-0.2, -0.15) is 0 Å². The molecule has 2 aliphatic heterocycles. The van der Waals surface area contributed by atoms with Gasteiger partial charge in [-0.05, 0) is 31.7 Å². The number of carbonyl (C=O) groups is 2. The van der Waals surface area contributed by atoms with E-state index >= 15 is 0 Å². The molecule has 1 spiro atoms. The molecule has 1 atom stereocenters. The van der Waals surface area contributed by atoms with Crippen molar-refractivity contribution in [3.63, 3.8) is 0 Å². The number of hydrogen-bond donors (Lipinski definition) is 1. The number of carbonyl (C=O) groups excluding carboxylic acids is 2. The number of rotatable bonds is 3. The van der Waals surface area contributed by atoms with Gasteiger partial charge in [0.1, 0.15) is 0 Å². The minimum atomic E-state index is -0.161. The second-order valence-electron chi connectivity index (χ2n) is 7.35. The van der Waals surface area contributed by atoms with Gasteiger partial charge in [0.2, 0.25) is 11.8 Å². The van der Waals surface area contributed by atoms with E-state index in [-0.39, 0.29) is 23.3 Å². The fourth-order valence-electron chi connectivity index (χ4n) is 4.11. The fourth-order valence-corrected chi connectivity index (χ4v) is 4.72. The van der Waals surface area contributed by atoms with Crippen LogP contribution in [0.25, 0.3) is 0 Å². The highest BCUT2D eigenvalue weighted by molar-refractivity contribution is 7.09. The summed E-state index contributed by atoms with van der Waals surface area (Å²) in [5.41, 5.74) is 1.78. The van der Waals surface area contributed by atoms with Crippen LogP contribution >= 0.6 is 11.3 Å². The molecular weight excluding hydrogens is 346 g/mol. The third-order valence-electron chi connectivity index (χ3n) is 5.57. The molecule has 0 saturated carbocycles. The molecule has 3 heterocycles. The number of hydrogen-bond acceptors (Lipinski definition) is 4. The molecule has 0 aliphatic carbocycles. The summed E-state index contributed by atoms with van der Waals surface area (Å²) >= 11 is 1.58. The van der Waals surface area contributed by atoms with E-state index < -0.39 is 0 Å². The van der Waals surface area contributed by atoms with E-state index in [0.717, 1.165) is 35.5 Å². The minimum absolute atomic E-state index is 0.0727. The highest BCUT2D eigenvalue weighted by Gasteiger charge is 2.46. The van der Waals surface area contributed by atoms with Crippen LogP contribution in [0.4, 0.5) is 0 Å². The van der Waals surface area contributed by atoms with Gasteiger partial charge < -0.3 is 10.2 Å². The summed E-state index contributed by atoms with van der Waals surface area (Å²) in [6.07, 6.45) is 2.84. The average Bonchev–Trinajstić information content (AvgIpc) is 3.19. The predicted octanol–water partition coefficient (Wildman–Crippen LogP) is 2.66. The maximum atomic E-state index is 12.5. The van der Waals surface area contributed by atoms with Crippen LogP contribution in [0.3, 0.4) is 0 Å². The van der Waals surface area contributed by atoms with Gasteiger partial charge in [-0.1, -0.05) is 30.3 Å². The van der Waals surface area contributed by atoms with Crippen LogP contribution in [0.2, 0.25) is 0 Å². The molecule has 0 bridgehead atoms. The van der Waals surface area contributed by atoms with Gasteiger partial charge in [-0.15, -0.1) is 11.3 Å². The third kappa shape index (κ3) is 3.38. The van der Waals surface area contributed by atoms with Gasteiger partial charge in [0.05, 0.1) is 23.0 Å². The highest BCUT2D eigenvalue weighted by atomic mass is 32.1. The predicted molar refractivity (Wildman–Crippen MR) is 101 cm³/mol. The van der Waals surface area contributed by atoms with Crippen LogP contribution in [0, 0.1) is 6.92 Å². The Bertz CT molecular complexity index is 809. The number of aromatic nitrogens is 1. The number of amides is 2. The Hall–Kier alpha value is -2.21. The number of piperidine rings is 1. The summed E-state index contributed by atoms with van der Waals surface area (Å²) in [7, 11) is 0. The minimum Gasteiger partial charge on any atom is -0.350 e. The van der Waals surface area contributed by atoms with Crippen molar-refractivity contribution in [3.8, 4) is 0 Å². The summed E-state index contributed by atoms with van der Waals surface area (Å²) in [4.78, 5) is 31.3. The lowest BCUT2D eigenvalue weighted by Gasteiger charge is -2.39. The number of benzene rings is 1. The molecule has 1 N–H and O–H groups in total. The van der Waals surface area contributed by atoms with Crippen LogP contribution in [-0.2, 0) is 16.0 Å². The Morgan fingerprint density at radius 2 is 2.04 bits per heavy atom. The Kier molecular flexibility index (Phi) is 4.53. The molecule has 26 heavy (non-hydrogen) atoms. The molecule has 0 radical (unpaired) electrons. The van der Waals surface area contributed by atoms with Crippen molar-refractivity contribution in [2.45, 2.75) is 44.1 Å². The number of nitrogens with one attached hydrogen (secondary N) is 1. The Morgan fingerprint density at radius 3 is 2.69 bits per heavy atom. The van der Waals surface area contributed by atoms with E-state index in [9.17, 15) is 9.59 Å². The first-order chi connectivity index (χ1) is 12.5. The molecule has 6 heteroatoms. The second kappa shape index (κ2) is 6.83. The molecule has 1 unspecified atom stereocenters. The number of likely N-dealkylation sites (tertiary alicyclic amines) is 1. The molecule has 1 aromatic carbocycles. The van der Waals surface area contributed by atoms with Crippen molar-refractivity contribution < 1.29 is 9.59 Å². The van der Waals surface area contributed by atoms with Crippen molar-refractivity contribution in [2.75, 3.05) is 13.1 Å². The monoisotopic (exact) mass is 369 g/mol. The smallest absolute Gasteiger partial charge is 0.228 e. The molecule has 1 aromatic heterocycles. The molecular formula is C20H23N3O2S. The second-order valence-corrected chi connectivity index (χ2v) is 8.41. The molecule has 2 saturated heterocycles. The molecule has 5 nitrogen and oxygen atoms in total. The summed E-state index contributed by atoms with van der Waals surface area (Å²) in [6.45, 7) is 3.35. The Labute approximate surface area is 157 Å². The molecule has 4 rings (SSSR count). The van der Waals surface area contributed by atoms with Crippen molar-refractivity contribution in [3.05, 3.63) is 52.0 Å². The Morgan fingerprint density at radius 1 is 1.31 bits per heavy atom. The van der Waals surface area contributed by atoms with E-state index in [1.165, 1.54) is 0 Å². The average molecular weight is 369 g/mol. The first kappa shape index (κ1) is 17.2. The zero-order valence-corrected chi connectivity index (χ0v) is 15.7. The van der Waals surface area contributed by atoms with Crippen molar-refractivity contribution in [2.24, 2.45) is 0 Å². The van der Waals surface area contributed by atoms with Gasteiger partial charge in [-0.25, -0.2) is 4.98 Å². The summed E-state index contributed by atoms with van der Waals surface area (Å²) < 4.78 is 0. The first-order valence-corrected chi connectivity index (χ1v) is 9.98. The fraction of sp³-hybridized carbons (Fsp3) is 0.450. The highest BCUT2D eigenvalue weighted by Crippen LogP contribution is 2.39. The van der Waals surface area contributed by atoms with Gasteiger partial charge in [0.15, 0.2) is 0 Å². The zero-order chi connectivity index (χ0) is 18.1. The van der Waals surface area contributed by atoms with E-state index in [0.29, 0.717) is 19.5 Å². The van der Waals surface area contributed by atoms with Crippen molar-refractivity contribution in [1.82, 2.24) is 15.2 Å². The lowest BCUT2D eigenvalue weighted by molar-refractivity contribution is -0.132. The van der Waals surface area contributed by atoms with Crippen LogP contribution in [0.1, 0.15) is 41.4 Å². The molecule has 2 aromatic rings. The summed E-state index contributed by atoms with van der Waals surface area (Å²) in [6, 6.07) is 9.99. The number of nitrogens with zero attached hydrogens (tertiary/aromatic N) is 2. The number of thiazole rings is 1. The number of aryl methyl sites for hydroxylation is 1. The van der Waals surface area contributed by atoms with Crippen LogP contribution in [0.5, 0.6) is 0 Å². The van der Waals surface area contributed by atoms with E-state index in [1.807, 2.05) is 47.5 Å². The maximum absolute atomic E-state index is 12.5. The van der Waals surface area contributed by atoms with Crippen LogP contribution in [0.15, 0.2) is 35.7 Å². The lowest BCUT2D eigenvalue weighted by Crippen LogP contribution is -2.52. The van der Waals surface area contributed by atoms with Crippen molar-refractivity contribution >= 4 is 23.2 Å². The molecule has 2 aliphatic rings.